The minimum absolute atomic E-state index is 0.0713. The summed E-state index contributed by atoms with van der Waals surface area (Å²) in [4.78, 5) is 24.6. The Labute approximate surface area is 112 Å². The lowest BCUT2D eigenvalue weighted by Crippen LogP contribution is -2.43. The maximum absolute atomic E-state index is 12.0. The van der Waals surface area contributed by atoms with Crippen LogP contribution in [0.25, 0.3) is 0 Å². The van der Waals surface area contributed by atoms with Crippen molar-refractivity contribution in [3.05, 3.63) is 30.1 Å². The Morgan fingerprint density at radius 2 is 2.11 bits per heavy atom. The van der Waals surface area contributed by atoms with Gasteiger partial charge in [-0.3, -0.25) is 4.79 Å². The third-order valence-electron chi connectivity index (χ3n) is 3.50. The SMILES string of the molecule is Cc1cc[n+](CCC(=O)N2CCCC2C(=O)O)cc1. The molecule has 1 unspecified atom stereocenters. The second kappa shape index (κ2) is 5.82. The monoisotopic (exact) mass is 263 g/mol. The maximum Gasteiger partial charge on any atom is 0.326 e. The van der Waals surface area contributed by atoms with Gasteiger partial charge in [0.15, 0.2) is 18.9 Å². The van der Waals surface area contributed by atoms with Crippen molar-refractivity contribution in [3.63, 3.8) is 0 Å². The first-order valence-corrected chi connectivity index (χ1v) is 6.56. The first kappa shape index (κ1) is 13.5. The van der Waals surface area contributed by atoms with Crippen molar-refractivity contribution in [2.24, 2.45) is 0 Å². The van der Waals surface area contributed by atoms with Crippen molar-refractivity contribution < 1.29 is 19.3 Å². The minimum atomic E-state index is -0.895. The quantitative estimate of drug-likeness (QED) is 0.815. The minimum Gasteiger partial charge on any atom is -0.480 e. The van der Waals surface area contributed by atoms with Gasteiger partial charge in [0, 0.05) is 18.7 Å². The number of carboxylic acids is 1. The Morgan fingerprint density at radius 3 is 2.74 bits per heavy atom. The molecule has 0 aromatic carbocycles. The first-order valence-electron chi connectivity index (χ1n) is 6.56. The van der Waals surface area contributed by atoms with Crippen LogP contribution in [0.15, 0.2) is 24.5 Å². The predicted octanol–water partition coefficient (Wildman–Crippen LogP) is 0.748. The molecule has 0 bridgehead atoms. The number of pyridine rings is 1. The van der Waals surface area contributed by atoms with Crippen LogP contribution in [0, 0.1) is 6.92 Å². The summed E-state index contributed by atoms with van der Waals surface area (Å²) in [7, 11) is 0. The highest BCUT2D eigenvalue weighted by molar-refractivity contribution is 5.84. The zero-order valence-corrected chi connectivity index (χ0v) is 11.1. The molecule has 0 spiro atoms. The average Bonchev–Trinajstić information content (AvgIpc) is 2.87. The Kier molecular flexibility index (Phi) is 4.14. The molecule has 1 N–H and O–H groups in total. The molecule has 5 heteroatoms. The van der Waals surface area contributed by atoms with Gasteiger partial charge < -0.3 is 10.0 Å². The molecule has 5 nitrogen and oxygen atoms in total. The van der Waals surface area contributed by atoms with Crippen molar-refractivity contribution in [2.75, 3.05) is 6.54 Å². The van der Waals surface area contributed by atoms with Gasteiger partial charge in [-0.15, -0.1) is 0 Å². The molecule has 19 heavy (non-hydrogen) atoms. The molecule has 1 amide bonds. The average molecular weight is 263 g/mol. The highest BCUT2D eigenvalue weighted by Crippen LogP contribution is 2.18. The molecule has 1 aromatic rings. The van der Waals surface area contributed by atoms with E-state index in [0.717, 1.165) is 6.42 Å². The molecule has 102 valence electrons. The first-order chi connectivity index (χ1) is 9.08. The molecule has 0 aliphatic carbocycles. The van der Waals surface area contributed by atoms with Crippen molar-refractivity contribution in [3.8, 4) is 0 Å². The molecule has 0 radical (unpaired) electrons. The fraction of sp³-hybridized carbons (Fsp3) is 0.500. The van der Waals surface area contributed by atoms with Crippen LogP contribution < -0.4 is 4.57 Å². The number of aromatic nitrogens is 1. The van der Waals surface area contributed by atoms with E-state index >= 15 is 0 Å². The summed E-state index contributed by atoms with van der Waals surface area (Å²) in [6, 6.07) is 3.34. The number of hydrogen-bond donors (Lipinski definition) is 1. The molecule has 1 aromatic heterocycles. The number of carboxylic acid groups (broad SMARTS) is 1. The molecule has 1 aliphatic rings. The summed E-state index contributed by atoms with van der Waals surface area (Å²) >= 11 is 0. The van der Waals surface area contributed by atoms with Gasteiger partial charge in [0.05, 0.1) is 6.42 Å². The highest BCUT2D eigenvalue weighted by atomic mass is 16.4. The van der Waals surface area contributed by atoms with E-state index in [0.29, 0.717) is 25.9 Å². The topological polar surface area (TPSA) is 61.5 Å². The number of hydrogen-bond acceptors (Lipinski definition) is 2. The van der Waals surface area contributed by atoms with Gasteiger partial charge in [0.1, 0.15) is 6.04 Å². The number of likely N-dealkylation sites (tertiary alicyclic amines) is 1. The van der Waals surface area contributed by atoms with Crippen molar-refractivity contribution in [1.29, 1.82) is 0 Å². The van der Waals surface area contributed by atoms with E-state index in [1.165, 1.54) is 10.5 Å². The van der Waals surface area contributed by atoms with Gasteiger partial charge in [-0.05, 0) is 25.3 Å². The number of nitrogens with zero attached hydrogens (tertiary/aromatic N) is 2. The van der Waals surface area contributed by atoms with Gasteiger partial charge in [0.25, 0.3) is 0 Å². The van der Waals surface area contributed by atoms with Crippen LogP contribution in [0.2, 0.25) is 0 Å². The number of aliphatic carboxylic acids is 1. The molecular weight excluding hydrogens is 244 g/mol. The fourth-order valence-corrected chi connectivity index (χ4v) is 2.37. The van der Waals surface area contributed by atoms with Gasteiger partial charge in [0.2, 0.25) is 5.91 Å². The Bertz CT molecular complexity index is 470. The number of carbonyl (C=O) groups is 2. The Morgan fingerprint density at radius 1 is 1.42 bits per heavy atom. The van der Waals surface area contributed by atoms with Crippen LogP contribution >= 0.6 is 0 Å². The van der Waals surface area contributed by atoms with Gasteiger partial charge in [-0.25, -0.2) is 9.36 Å². The molecule has 0 saturated carbocycles. The second-order valence-electron chi connectivity index (χ2n) is 4.95. The van der Waals surface area contributed by atoms with Crippen LogP contribution in [0.1, 0.15) is 24.8 Å². The molecule has 1 saturated heterocycles. The Balaban J connectivity index is 1.90. The zero-order chi connectivity index (χ0) is 13.8. The lowest BCUT2D eigenvalue weighted by molar-refractivity contribution is -0.696. The maximum atomic E-state index is 12.0. The van der Waals surface area contributed by atoms with E-state index in [9.17, 15) is 9.59 Å². The van der Waals surface area contributed by atoms with E-state index < -0.39 is 12.0 Å². The number of carbonyl (C=O) groups excluding carboxylic acids is 1. The standard InChI is InChI=1S/C14H18N2O3/c1-11-4-8-15(9-5-11)10-6-13(17)16-7-2-3-12(16)14(18)19/h4-5,8-9,12H,2-3,6-7,10H2,1H3/p+1. The summed E-state index contributed by atoms with van der Waals surface area (Å²) < 4.78 is 1.94. The van der Waals surface area contributed by atoms with Crippen LogP contribution in [0.4, 0.5) is 0 Å². The lowest BCUT2D eigenvalue weighted by atomic mass is 10.2. The number of amides is 1. The van der Waals surface area contributed by atoms with Crippen molar-refractivity contribution in [1.82, 2.24) is 4.90 Å². The third kappa shape index (κ3) is 3.30. The summed E-state index contributed by atoms with van der Waals surface area (Å²) in [5.74, 6) is -0.966. The fourth-order valence-electron chi connectivity index (χ4n) is 2.37. The molecule has 1 atom stereocenters. The van der Waals surface area contributed by atoms with Crippen molar-refractivity contribution >= 4 is 11.9 Å². The molecule has 2 rings (SSSR count). The highest BCUT2D eigenvalue weighted by Gasteiger charge is 2.33. The zero-order valence-electron chi connectivity index (χ0n) is 11.1. The number of rotatable bonds is 4. The number of aryl methyl sites for hydroxylation is 2. The molecule has 1 fully saturated rings. The van der Waals surface area contributed by atoms with E-state index in [4.69, 9.17) is 5.11 Å². The third-order valence-corrected chi connectivity index (χ3v) is 3.50. The summed E-state index contributed by atoms with van der Waals surface area (Å²) in [5, 5.41) is 9.05. The van der Waals surface area contributed by atoms with E-state index in [1.807, 2.05) is 36.0 Å². The molecular formula is C14H19N2O3+. The van der Waals surface area contributed by atoms with Crippen LogP contribution in [0.3, 0.4) is 0 Å². The molecule has 2 heterocycles. The largest absolute Gasteiger partial charge is 0.480 e. The normalized spacial score (nSPS) is 18.6. The van der Waals surface area contributed by atoms with Crippen LogP contribution in [-0.4, -0.2) is 34.5 Å². The van der Waals surface area contributed by atoms with E-state index in [1.54, 1.807) is 0 Å². The van der Waals surface area contributed by atoms with E-state index in [-0.39, 0.29) is 5.91 Å². The van der Waals surface area contributed by atoms with Crippen LogP contribution in [0.5, 0.6) is 0 Å². The summed E-state index contributed by atoms with van der Waals surface area (Å²) in [6.45, 7) is 3.16. The summed E-state index contributed by atoms with van der Waals surface area (Å²) in [5.41, 5.74) is 1.17. The molecule has 1 aliphatic heterocycles. The summed E-state index contributed by atoms with van der Waals surface area (Å²) in [6.07, 6.45) is 5.55. The predicted molar refractivity (Wildman–Crippen MR) is 68.4 cm³/mol. The smallest absolute Gasteiger partial charge is 0.326 e. The van der Waals surface area contributed by atoms with Crippen molar-refractivity contribution in [2.45, 2.75) is 38.8 Å². The van der Waals surface area contributed by atoms with Crippen LogP contribution in [-0.2, 0) is 16.1 Å². The van der Waals surface area contributed by atoms with Gasteiger partial charge in [-0.1, -0.05) is 0 Å². The second-order valence-corrected chi connectivity index (χ2v) is 4.95. The van der Waals surface area contributed by atoms with Gasteiger partial charge >= 0.3 is 5.97 Å². The van der Waals surface area contributed by atoms with Gasteiger partial charge in [-0.2, -0.15) is 0 Å². The van der Waals surface area contributed by atoms with E-state index in [2.05, 4.69) is 0 Å². The lowest BCUT2D eigenvalue weighted by Gasteiger charge is -2.20. The Hall–Kier alpha value is -1.91.